The summed E-state index contributed by atoms with van der Waals surface area (Å²) in [6.07, 6.45) is 1.73. The van der Waals surface area contributed by atoms with Crippen LogP contribution in [0.25, 0.3) is 21.5 Å². The fraction of sp³-hybridized carbons (Fsp3) is 0.121. The van der Waals surface area contributed by atoms with Crippen LogP contribution in [-0.4, -0.2) is 55.0 Å². The SMILES string of the molecule is CN(C)CCN1C(=O)c2cccc3cc4cccc(N=Cc5cccc(Oc6cc(Cl)cc(Cl)c6)c5)c4c(c23)C1=O. The number of carbonyl (C=O) groups excluding carboxylic acids is 2. The highest BCUT2D eigenvalue weighted by molar-refractivity contribution is 6.35. The maximum absolute atomic E-state index is 13.9. The lowest BCUT2D eigenvalue weighted by atomic mass is 9.89. The molecule has 0 atom stereocenters. The summed E-state index contributed by atoms with van der Waals surface area (Å²) in [6.45, 7) is 0.866. The molecule has 0 fully saturated rings. The van der Waals surface area contributed by atoms with E-state index in [4.69, 9.17) is 32.9 Å². The molecule has 0 saturated carbocycles. The van der Waals surface area contributed by atoms with E-state index in [2.05, 4.69) is 0 Å². The zero-order valence-electron chi connectivity index (χ0n) is 22.4. The van der Waals surface area contributed by atoms with Crippen molar-refractivity contribution in [1.82, 2.24) is 9.80 Å². The van der Waals surface area contributed by atoms with Gasteiger partial charge in [-0.05, 0) is 79.0 Å². The predicted molar refractivity (Wildman–Crippen MR) is 166 cm³/mol. The number of rotatable bonds is 7. The Bertz CT molecular complexity index is 1860. The number of carbonyl (C=O) groups is 2. The first kappa shape index (κ1) is 27.0. The summed E-state index contributed by atoms with van der Waals surface area (Å²) in [5, 5.41) is 4.09. The number of halogens is 2. The third-order valence-corrected chi connectivity index (χ3v) is 7.41. The van der Waals surface area contributed by atoms with Gasteiger partial charge in [-0.2, -0.15) is 0 Å². The van der Waals surface area contributed by atoms with E-state index in [1.54, 1.807) is 30.5 Å². The van der Waals surface area contributed by atoms with E-state index in [0.29, 0.717) is 56.8 Å². The molecule has 0 aliphatic carbocycles. The third kappa shape index (κ3) is 5.30. The molecule has 204 valence electrons. The highest BCUT2D eigenvalue weighted by Gasteiger charge is 2.34. The Morgan fingerprint density at radius 1 is 0.805 bits per heavy atom. The van der Waals surface area contributed by atoms with Crippen LogP contribution in [0.15, 0.2) is 89.9 Å². The molecule has 0 spiro atoms. The number of imide groups is 1. The second-order valence-electron chi connectivity index (χ2n) is 10.1. The fourth-order valence-corrected chi connectivity index (χ4v) is 5.62. The molecule has 8 heteroatoms. The lowest BCUT2D eigenvalue weighted by Crippen LogP contribution is -2.43. The molecule has 0 N–H and O–H groups in total. The lowest BCUT2D eigenvalue weighted by molar-refractivity contribution is 0.0602. The Morgan fingerprint density at radius 3 is 2.27 bits per heavy atom. The van der Waals surface area contributed by atoms with Gasteiger partial charge in [0.1, 0.15) is 11.5 Å². The van der Waals surface area contributed by atoms with Crippen LogP contribution < -0.4 is 4.74 Å². The average Bonchev–Trinajstić information content (AvgIpc) is 2.93. The van der Waals surface area contributed by atoms with Crippen molar-refractivity contribution in [2.75, 3.05) is 27.2 Å². The molecule has 41 heavy (non-hydrogen) atoms. The molecule has 6 rings (SSSR count). The first-order valence-corrected chi connectivity index (χ1v) is 13.8. The van der Waals surface area contributed by atoms with Gasteiger partial charge in [-0.3, -0.25) is 19.5 Å². The topological polar surface area (TPSA) is 62.2 Å². The minimum Gasteiger partial charge on any atom is -0.457 e. The van der Waals surface area contributed by atoms with Gasteiger partial charge < -0.3 is 9.64 Å². The molecular formula is C33H25Cl2N3O3. The molecule has 5 aromatic rings. The molecule has 0 bridgehead atoms. The van der Waals surface area contributed by atoms with Crippen molar-refractivity contribution in [2.45, 2.75) is 0 Å². The lowest BCUT2D eigenvalue weighted by Gasteiger charge is -2.29. The van der Waals surface area contributed by atoms with Crippen LogP contribution in [0.3, 0.4) is 0 Å². The van der Waals surface area contributed by atoms with E-state index in [1.165, 1.54) is 4.90 Å². The molecule has 0 aromatic heterocycles. The molecule has 2 amide bonds. The second kappa shape index (κ2) is 11.0. The van der Waals surface area contributed by atoms with Crippen molar-refractivity contribution >= 4 is 68.5 Å². The van der Waals surface area contributed by atoms with Gasteiger partial charge in [-0.15, -0.1) is 0 Å². The van der Waals surface area contributed by atoms with Gasteiger partial charge in [-0.25, -0.2) is 0 Å². The Kier molecular flexibility index (Phi) is 7.22. The van der Waals surface area contributed by atoms with E-state index in [-0.39, 0.29) is 11.8 Å². The van der Waals surface area contributed by atoms with E-state index in [1.807, 2.05) is 79.7 Å². The van der Waals surface area contributed by atoms with Crippen LogP contribution in [0.4, 0.5) is 5.69 Å². The van der Waals surface area contributed by atoms with Gasteiger partial charge in [0.2, 0.25) is 0 Å². The predicted octanol–water partition coefficient (Wildman–Crippen LogP) is 8.00. The smallest absolute Gasteiger partial charge is 0.262 e. The minimum absolute atomic E-state index is 0.270. The van der Waals surface area contributed by atoms with Crippen molar-refractivity contribution in [2.24, 2.45) is 4.99 Å². The summed E-state index contributed by atoms with van der Waals surface area (Å²) in [6, 6.07) is 25.9. The summed E-state index contributed by atoms with van der Waals surface area (Å²) in [5.74, 6) is 0.554. The average molecular weight is 582 g/mol. The molecule has 1 aliphatic rings. The zero-order chi connectivity index (χ0) is 28.7. The molecule has 0 unspecified atom stereocenters. The number of fused-ring (bicyclic) bond motifs is 2. The largest absolute Gasteiger partial charge is 0.457 e. The third-order valence-electron chi connectivity index (χ3n) is 6.97. The maximum Gasteiger partial charge on any atom is 0.262 e. The van der Waals surface area contributed by atoms with Crippen molar-refractivity contribution in [3.05, 3.63) is 112 Å². The Balaban J connectivity index is 1.42. The van der Waals surface area contributed by atoms with Gasteiger partial charge in [0.25, 0.3) is 11.8 Å². The first-order chi connectivity index (χ1) is 19.8. The summed E-state index contributed by atoms with van der Waals surface area (Å²) in [5.41, 5.74) is 2.48. The molecule has 6 nitrogen and oxygen atoms in total. The van der Waals surface area contributed by atoms with Crippen molar-refractivity contribution in [1.29, 1.82) is 0 Å². The van der Waals surface area contributed by atoms with Crippen LogP contribution in [0, 0.1) is 0 Å². The van der Waals surface area contributed by atoms with E-state index in [9.17, 15) is 9.59 Å². The molecule has 1 heterocycles. The number of likely N-dealkylation sites (N-methyl/N-ethyl adjacent to an activating group) is 1. The highest BCUT2D eigenvalue weighted by Crippen LogP contribution is 2.40. The van der Waals surface area contributed by atoms with Crippen LogP contribution in [0.2, 0.25) is 10.0 Å². The number of benzene rings is 5. The second-order valence-corrected chi connectivity index (χ2v) is 11.0. The number of amides is 2. The Hall–Kier alpha value is -4.23. The molecule has 0 radical (unpaired) electrons. The van der Waals surface area contributed by atoms with E-state index < -0.39 is 0 Å². The summed E-state index contributed by atoms with van der Waals surface area (Å²) in [7, 11) is 3.83. The maximum atomic E-state index is 13.9. The van der Waals surface area contributed by atoms with E-state index >= 15 is 0 Å². The normalized spacial score (nSPS) is 13.2. The molecular weight excluding hydrogens is 557 g/mol. The van der Waals surface area contributed by atoms with Crippen LogP contribution in [0.5, 0.6) is 11.5 Å². The number of aliphatic imine (C=N–C) groups is 1. The van der Waals surface area contributed by atoms with Gasteiger partial charge in [0.15, 0.2) is 0 Å². The minimum atomic E-state index is -0.301. The number of nitrogens with zero attached hydrogens (tertiary/aromatic N) is 3. The van der Waals surface area contributed by atoms with Gasteiger partial charge in [-0.1, -0.05) is 59.6 Å². The van der Waals surface area contributed by atoms with Gasteiger partial charge >= 0.3 is 0 Å². The van der Waals surface area contributed by atoms with Gasteiger partial charge in [0, 0.05) is 45.7 Å². The van der Waals surface area contributed by atoms with Crippen LogP contribution in [0.1, 0.15) is 26.3 Å². The fourth-order valence-electron chi connectivity index (χ4n) is 5.11. The Labute approximate surface area is 247 Å². The number of hydrogen-bond acceptors (Lipinski definition) is 5. The van der Waals surface area contributed by atoms with Crippen LogP contribution >= 0.6 is 23.2 Å². The van der Waals surface area contributed by atoms with Gasteiger partial charge in [0.05, 0.1) is 11.3 Å². The molecule has 1 aliphatic heterocycles. The van der Waals surface area contributed by atoms with E-state index in [0.717, 1.165) is 21.7 Å². The zero-order valence-corrected chi connectivity index (χ0v) is 23.9. The Morgan fingerprint density at radius 2 is 1.51 bits per heavy atom. The van der Waals surface area contributed by atoms with Crippen molar-refractivity contribution in [3.63, 3.8) is 0 Å². The molecule has 5 aromatic carbocycles. The quantitative estimate of drug-likeness (QED) is 0.111. The number of ether oxygens (including phenoxy) is 1. The van der Waals surface area contributed by atoms with Crippen LogP contribution in [-0.2, 0) is 0 Å². The van der Waals surface area contributed by atoms with Crippen molar-refractivity contribution in [3.8, 4) is 11.5 Å². The monoisotopic (exact) mass is 581 g/mol. The summed E-state index contributed by atoms with van der Waals surface area (Å²) < 4.78 is 5.97. The number of hydrogen-bond donors (Lipinski definition) is 0. The van der Waals surface area contributed by atoms with Crippen molar-refractivity contribution < 1.29 is 14.3 Å². The highest BCUT2D eigenvalue weighted by atomic mass is 35.5. The standard InChI is InChI=1S/C33H25Cl2N3O3/c1-37(2)12-13-38-32(39)27-10-4-7-21-15-22-8-5-11-28(30(22)31(29(21)27)33(38)40)36-19-20-6-3-9-25(14-20)41-26-17-23(34)16-24(35)18-26/h3-11,14-19H,12-13H2,1-2H3. The summed E-state index contributed by atoms with van der Waals surface area (Å²) >= 11 is 12.2. The molecule has 0 saturated heterocycles. The first-order valence-electron chi connectivity index (χ1n) is 13.1. The summed E-state index contributed by atoms with van der Waals surface area (Å²) in [4.78, 5) is 35.4.